The Balaban J connectivity index is 2.21. The molecule has 0 saturated carbocycles. The largest absolute Gasteiger partial charge is 0.375 e. The standard InChI is InChI=1S/C17H25Cl2NO/c1-5-20-15(16-10(2)11(3)21-12(16)4)9-13-7-6-8-14(18)17(13)19/h6-8,10-12,15-16,20H,5,9H2,1-4H3. The molecular weight excluding hydrogens is 305 g/mol. The topological polar surface area (TPSA) is 21.3 Å². The van der Waals surface area contributed by atoms with Crippen molar-refractivity contribution in [3.8, 4) is 0 Å². The summed E-state index contributed by atoms with van der Waals surface area (Å²) in [6.45, 7) is 9.70. The molecule has 5 unspecified atom stereocenters. The molecule has 0 aromatic heterocycles. The van der Waals surface area contributed by atoms with Gasteiger partial charge in [-0.25, -0.2) is 0 Å². The van der Waals surface area contributed by atoms with E-state index >= 15 is 0 Å². The molecule has 21 heavy (non-hydrogen) atoms. The number of nitrogens with one attached hydrogen (secondary N) is 1. The van der Waals surface area contributed by atoms with Crippen LogP contribution in [0.25, 0.3) is 0 Å². The Kier molecular flexibility index (Phi) is 5.96. The van der Waals surface area contributed by atoms with Crippen molar-refractivity contribution in [1.29, 1.82) is 0 Å². The fourth-order valence-corrected chi connectivity index (χ4v) is 3.93. The molecule has 5 atom stereocenters. The molecule has 0 bridgehead atoms. The first-order valence-corrected chi connectivity index (χ1v) is 8.53. The van der Waals surface area contributed by atoms with E-state index in [2.05, 4.69) is 39.1 Å². The summed E-state index contributed by atoms with van der Waals surface area (Å²) in [6, 6.07) is 6.21. The maximum atomic E-state index is 6.35. The minimum atomic E-state index is 0.261. The van der Waals surface area contributed by atoms with Gasteiger partial charge in [-0.1, -0.05) is 49.2 Å². The molecule has 1 aromatic rings. The first-order valence-electron chi connectivity index (χ1n) is 7.77. The lowest BCUT2D eigenvalue weighted by Crippen LogP contribution is -2.43. The van der Waals surface area contributed by atoms with Crippen LogP contribution in [-0.2, 0) is 11.2 Å². The van der Waals surface area contributed by atoms with Crippen molar-refractivity contribution >= 4 is 23.2 Å². The Morgan fingerprint density at radius 2 is 1.90 bits per heavy atom. The van der Waals surface area contributed by atoms with Crippen LogP contribution in [-0.4, -0.2) is 24.8 Å². The summed E-state index contributed by atoms with van der Waals surface area (Å²) in [5.74, 6) is 1.01. The fraction of sp³-hybridized carbons (Fsp3) is 0.647. The van der Waals surface area contributed by atoms with Gasteiger partial charge in [-0.3, -0.25) is 0 Å². The molecule has 1 N–H and O–H groups in total. The molecule has 1 saturated heterocycles. The van der Waals surface area contributed by atoms with Crippen LogP contribution >= 0.6 is 23.2 Å². The molecule has 1 aliphatic rings. The van der Waals surface area contributed by atoms with E-state index in [1.165, 1.54) is 0 Å². The van der Waals surface area contributed by atoms with Crippen molar-refractivity contribution < 1.29 is 4.74 Å². The van der Waals surface area contributed by atoms with Crippen molar-refractivity contribution in [3.63, 3.8) is 0 Å². The molecule has 0 aliphatic carbocycles. The highest BCUT2D eigenvalue weighted by molar-refractivity contribution is 6.42. The number of benzene rings is 1. The van der Waals surface area contributed by atoms with Crippen molar-refractivity contribution in [3.05, 3.63) is 33.8 Å². The zero-order chi connectivity index (χ0) is 15.6. The summed E-state index contributed by atoms with van der Waals surface area (Å²) in [5.41, 5.74) is 1.11. The maximum Gasteiger partial charge on any atom is 0.0624 e. The summed E-state index contributed by atoms with van der Waals surface area (Å²) < 4.78 is 6.01. The molecule has 1 aromatic carbocycles. The van der Waals surface area contributed by atoms with Gasteiger partial charge in [-0.05, 0) is 44.4 Å². The number of halogens is 2. The maximum absolute atomic E-state index is 6.35. The lowest BCUT2D eigenvalue weighted by atomic mass is 9.81. The highest BCUT2D eigenvalue weighted by Gasteiger charge is 2.41. The van der Waals surface area contributed by atoms with E-state index in [1.54, 1.807) is 0 Å². The van der Waals surface area contributed by atoms with Crippen molar-refractivity contribution in [1.82, 2.24) is 5.32 Å². The lowest BCUT2D eigenvalue weighted by molar-refractivity contribution is 0.0476. The number of hydrogen-bond acceptors (Lipinski definition) is 2. The van der Waals surface area contributed by atoms with E-state index in [9.17, 15) is 0 Å². The molecule has 0 radical (unpaired) electrons. The smallest absolute Gasteiger partial charge is 0.0624 e. The highest BCUT2D eigenvalue weighted by Crippen LogP contribution is 2.36. The van der Waals surface area contributed by atoms with Gasteiger partial charge in [0.1, 0.15) is 0 Å². The minimum Gasteiger partial charge on any atom is -0.375 e. The average Bonchev–Trinajstić information content (AvgIpc) is 2.68. The predicted octanol–water partition coefficient (Wildman–Crippen LogP) is 4.57. The number of ether oxygens (including phenoxy) is 1. The van der Waals surface area contributed by atoms with E-state index in [-0.39, 0.29) is 6.10 Å². The lowest BCUT2D eigenvalue weighted by Gasteiger charge is -2.30. The van der Waals surface area contributed by atoms with Crippen molar-refractivity contribution in [2.45, 2.75) is 52.4 Å². The quantitative estimate of drug-likeness (QED) is 0.854. The van der Waals surface area contributed by atoms with Crippen LogP contribution in [0.3, 0.4) is 0 Å². The van der Waals surface area contributed by atoms with Gasteiger partial charge in [0.25, 0.3) is 0 Å². The van der Waals surface area contributed by atoms with Gasteiger partial charge in [0, 0.05) is 12.0 Å². The van der Waals surface area contributed by atoms with Gasteiger partial charge in [-0.2, -0.15) is 0 Å². The summed E-state index contributed by atoms with van der Waals surface area (Å²) in [6.07, 6.45) is 1.45. The van der Waals surface area contributed by atoms with Crippen LogP contribution in [0.15, 0.2) is 18.2 Å². The Bertz CT molecular complexity index is 480. The van der Waals surface area contributed by atoms with E-state index in [1.807, 2.05) is 12.1 Å². The van der Waals surface area contributed by atoms with Crippen LogP contribution in [0.1, 0.15) is 33.3 Å². The van der Waals surface area contributed by atoms with Gasteiger partial charge in [0.05, 0.1) is 22.3 Å². The van der Waals surface area contributed by atoms with Crippen LogP contribution < -0.4 is 5.32 Å². The normalized spacial score (nSPS) is 30.6. The van der Waals surface area contributed by atoms with E-state index in [0.717, 1.165) is 18.5 Å². The van der Waals surface area contributed by atoms with Crippen LogP contribution in [0.4, 0.5) is 0 Å². The highest BCUT2D eigenvalue weighted by atomic mass is 35.5. The second-order valence-electron chi connectivity index (χ2n) is 6.06. The Morgan fingerprint density at radius 1 is 1.19 bits per heavy atom. The van der Waals surface area contributed by atoms with E-state index < -0.39 is 0 Å². The molecule has 1 heterocycles. The second kappa shape index (κ2) is 7.32. The zero-order valence-electron chi connectivity index (χ0n) is 13.2. The number of rotatable bonds is 5. The molecule has 1 fully saturated rings. The molecule has 4 heteroatoms. The Morgan fingerprint density at radius 3 is 2.48 bits per heavy atom. The fourth-order valence-electron chi connectivity index (χ4n) is 3.54. The predicted molar refractivity (Wildman–Crippen MR) is 90.3 cm³/mol. The number of likely N-dealkylation sites (N-methyl/N-ethyl adjacent to an activating group) is 1. The number of hydrogen-bond donors (Lipinski definition) is 1. The van der Waals surface area contributed by atoms with Gasteiger partial charge in [0.15, 0.2) is 0 Å². The Labute approximate surface area is 138 Å². The average molecular weight is 330 g/mol. The first-order chi connectivity index (χ1) is 9.95. The van der Waals surface area contributed by atoms with Crippen molar-refractivity contribution in [2.24, 2.45) is 11.8 Å². The third-order valence-electron chi connectivity index (χ3n) is 4.72. The Hall–Kier alpha value is -0.280. The molecule has 1 aliphatic heterocycles. The van der Waals surface area contributed by atoms with Crippen LogP contribution in [0.5, 0.6) is 0 Å². The van der Waals surface area contributed by atoms with Gasteiger partial charge in [0.2, 0.25) is 0 Å². The molecule has 2 rings (SSSR count). The molecular formula is C17H25Cl2NO. The summed E-state index contributed by atoms with van der Waals surface area (Å²) >= 11 is 12.5. The van der Waals surface area contributed by atoms with Gasteiger partial charge >= 0.3 is 0 Å². The summed E-state index contributed by atoms with van der Waals surface area (Å²) in [5, 5.41) is 4.92. The van der Waals surface area contributed by atoms with Gasteiger partial charge in [-0.15, -0.1) is 0 Å². The van der Waals surface area contributed by atoms with Crippen LogP contribution in [0.2, 0.25) is 10.0 Å². The van der Waals surface area contributed by atoms with E-state index in [0.29, 0.717) is 34.0 Å². The molecule has 0 amide bonds. The zero-order valence-corrected chi connectivity index (χ0v) is 14.7. The first kappa shape index (κ1) is 17.1. The SMILES string of the molecule is CCNC(Cc1cccc(Cl)c1Cl)C1C(C)OC(C)C1C. The third kappa shape index (κ3) is 3.73. The molecule has 2 nitrogen and oxygen atoms in total. The second-order valence-corrected chi connectivity index (χ2v) is 6.85. The van der Waals surface area contributed by atoms with Crippen LogP contribution in [0, 0.1) is 11.8 Å². The van der Waals surface area contributed by atoms with Gasteiger partial charge < -0.3 is 10.1 Å². The minimum absolute atomic E-state index is 0.261. The van der Waals surface area contributed by atoms with Crippen molar-refractivity contribution in [2.75, 3.05) is 6.54 Å². The molecule has 0 spiro atoms. The third-order valence-corrected chi connectivity index (χ3v) is 5.58. The summed E-state index contributed by atoms with van der Waals surface area (Å²) in [4.78, 5) is 0. The molecule has 118 valence electrons. The summed E-state index contributed by atoms with van der Waals surface area (Å²) in [7, 11) is 0. The van der Waals surface area contributed by atoms with E-state index in [4.69, 9.17) is 27.9 Å². The monoisotopic (exact) mass is 329 g/mol.